The molecule has 3 nitrogen and oxygen atoms in total. The Labute approximate surface area is 91.2 Å². The molecule has 0 saturated heterocycles. The molecule has 15 heavy (non-hydrogen) atoms. The Morgan fingerprint density at radius 2 is 1.93 bits per heavy atom. The molecule has 86 valence electrons. The molecule has 0 aliphatic heterocycles. The van der Waals surface area contributed by atoms with E-state index < -0.39 is 5.97 Å². The number of carboxylic acids is 1. The van der Waals surface area contributed by atoms with E-state index in [1.54, 1.807) is 0 Å². The van der Waals surface area contributed by atoms with Crippen LogP contribution in [0.25, 0.3) is 0 Å². The third kappa shape index (κ3) is 2.94. The Morgan fingerprint density at radius 3 is 2.53 bits per heavy atom. The largest absolute Gasteiger partial charge is 0.481 e. The fourth-order valence-electron chi connectivity index (χ4n) is 2.95. The van der Waals surface area contributed by atoms with Crippen LogP contribution in [-0.2, 0) is 4.79 Å². The summed E-state index contributed by atoms with van der Waals surface area (Å²) in [6.07, 6.45) is 8.21. The molecule has 0 spiro atoms. The summed E-state index contributed by atoms with van der Waals surface area (Å²) in [7, 11) is 0. The fraction of sp³-hybridized carbons (Fsp3) is 0.917. The average Bonchev–Trinajstić information content (AvgIpc) is 2.86. The second kappa shape index (κ2) is 4.97. The van der Waals surface area contributed by atoms with E-state index in [-0.39, 0.29) is 5.92 Å². The van der Waals surface area contributed by atoms with E-state index in [2.05, 4.69) is 5.32 Å². The lowest BCUT2D eigenvalue weighted by Crippen LogP contribution is -2.30. The maximum Gasteiger partial charge on any atom is 0.306 e. The van der Waals surface area contributed by atoms with Crippen molar-refractivity contribution in [2.75, 3.05) is 6.54 Å². The molecule has 0 radical (unpaired) electrons. The highest BCUT2D eigenvalue weighted by molar-refractivity contribution is 5.70. The van der Waals surface area contributed by atoms with Gasteiger partial charge in [0.1, 0.15) is 0 Å². The average molecular weight is 211 g/mol. The number of rotatable bonds is 4. The molecule has 2 N–H and O–H groups in total. The smallest absolute Gasteiger partial charge is 0.306 e. The Bertz CT molecular complexity index is 224. The van der Waals surface area contributed by atoms with Crippen LogP contribution in [0.1, 0.15) is 44.9 Å². The van der Waals surface area contributed by atoms with Gasteiger partial charge in [0.25, 0.3) is 0 Å². The van der Waals surface area contributed by atoms with E-state index in [0.29, 0.717) is 12.0 Å². The predicted octanol–water partition coefficient (Wildman–Crippen LogP) is 2.02. The summed E-state index contributed by atoms with van der Waals surface area (Å²) in [5.41, 5.74) is 0. The van der Waals surface area contributed by atoms with Gasteiger partial charge < -0.3 is 10.4 Å². The van der Waals surface area contributed by atoms with Crippen LogP contribution in [0.15, 0.2) is 0 Å². The Morgan fingerprint density at radius 1 is 1.20 bits per heavy atom. The van der Waals surface area contributed by atoms with Crippen LogP contribution in [0.2, 0.25) is 0 Å². The summed E-state index contributed by atoms with van der Waals surface area (Å²) in [6.45, 7) is 1.04. The van der Waals surface area contributed by atoms with Crippen molar-refractivity contribution in [3.63, 3.8) is 0 Å². The topological polar surface area (TPSA) is 49.3 Å². The number of hydrogen-bond donors (Lipinski definition) is 2. The normalized spacial score (nSPS) is 32.3. The van der Waals surface area contributed by atoms with Gasteiger partial charge in [-0.15, -0.1) is 0 Å². The highest BCUT2D eigenvalue weighted by atomic mass is 16.4. The summed E-state index contributed by atoms with van der Waals surface area (Å²) in [6, 6.07) is 0.717. The third-order valence-corrected chi connectivity index (χ3v) is 3.94. The van der Waals surface area contributed by atoms with Crippen molar-refractivity contribution in [1.82, 2.24) is 5.32 Å². The van der Waals surface area contributed by atoms with Gasteiger partial charge in [-0.05, 0) is 44.6 Å². The van der Waals surface area contributed by atoms with Gasteiger partial charge in [0.2, 0.25) is 0 Å². The molecule has 2 unspecified atom stereocenters. The van der Waals surface area contributed by atoms with E-state index >= 15 is 0 Å². The quantitative estimate of drug-likeness (QED) is 0.748. The minimum atomic E-state index is -0.599. The zero-order valence-electron chi connectivity index (χ0n) is 9.24. The minimum Gasteiger partial charge on any atom is -0.481 e. The lowest BCUT2D eigenvalue weighted by molar-refractivity contribution is -0.141. The van der Waals surface area contributed by atoms with E-state index in [1.807, 2.05) is 0 Å². The van der Waals surface area contributed by atoms with Crippen LogP contribution < -0.4 is 5.32 Å². The lowest BCUT2D eigenvalue weighted by Gasteiger charge is -2.15. The molecule has 2 aliphatic carbocycles. The first kappa shape index (κ1) is 10.9. The van der Waals surface area contributed by atoms with Gasteiger partial charge >= 0.3 is 5.97 Å². The van der Waals surface area contributed by atoms with Crippen LogP contribution in [0.5, 0.6) is 0 Å². The molecule has 0 aromatic rings. The first-order valence-corrected chi connectivity index (χ1v) is 6.22. The molecule has 0 aromatic carbocycles. The number of carbonyl (C=O) groups is 1. The fourth-order valence-corrected chi connectivity index (χ4v) is 2.95. The maximum absolute atomic E-state index is 10.8. The number of hydrogen-bond acceptors (Lipinski definition) is 2. The summed E-state index contributed by atoms with van der Waals surface area (Å²) in [5, 5.41) is 12.5. The van der Waals surface area contributed by atoms with Gasteiger partial charge in [-0.25, -0.2) is 0 Å². The van der Waals surface area contributed by atoms with Crippen molar-refractivity contribution in [2.24, 2.45) is 11.8 Å². The summed E-state index contributed by atoms with van der Waals surface area (Å²) >= 11 is 0. The number of nitrogens with one attached hydrogen (secondary N) is 1. The van der Waals surface area contributed by atoms with E-state index in [1.165, 1.54) is 25.7 Å². The molecule has 2 rings (SSSR count). The molecule has 2 aliphatic rings. The van der Waals surface area contributed by atoms with Crippen LogP contribution in [-0.4, -0.2) is 23.7 Å². The summed E-state index contributed by atoms with van der Waals surface area (Å²) < 4.78 is 0. The zero-order chi connectivity index (χ0) is 10.7. The van der Waals surface area contributed by atoms with Gasteiger partial charge in [-0.2, -0.15) is 0 Å². The first-order valence-electron chi connectivity index (χ1n) is 6.22. The predicted molar refractivity (Wildman–Crippen MR) is 58.7 cm³/mol. The molecule has 0 aromatic heterocycles. The monoisotopic (exact) mass is 211 g/mol. The van der Waals surface area contributed by atoms with Crippen molar-refractivity contribution >= 4 is 5.97 Å². The van der Waals surface area contributed by atoms with E-state index in [4.69, 9.17) is 5.11 Å². The molecular formula is C12H21NO2. The SMILES string of the molecule is O=C(O)C1CCC(CNC2CCCC2)C1. The third-order valence-electron chi connectivity index (χ3n) is 3.94. The van der Waals surface area contributed by atoms with E-state index in [0.717, 1.165) is 25.8 Å². The van der Waals surface area contributed by atoms with Gasteiger partial charge in [-0.1, -0.05) is 12.8 Å². The van der Waals surface area contributed by atoms with Gasteiger partial charge in [0.05, 0.1) is 5.92 Å². The van der Waals surface area contributed by atoms with Crippen molar-refractivity contribution in [3.8, 4) is 0 Å². The van der Waals surface area contributed by atoms with Gasteiger partial charge in [0, 0.05) is 6.04 Å². The lowest BCUT2D eigenvalue weighted by atomic mass is 10.0. The second-order valence-corrected chi connectivity index (χ2v) is 5.10. The summed E-state index contributed by atoms with van der Waals surface area (Å²) in [4.78, 5) is 10.8. The van der Waals surface area contributed by atoms with E-state index in [9.17, 15) is 4.79 Å². The molecule has 0 amide bonds. The molecule has 0 heterocycles. The highest BCUT2D eigenvalue weighted by Gasteiger charge is 2.29. The number of aliphatic carboxylic acids is 1. The Kier molecular flexibility index (Phi) is 3.62. The van der Waals surface area contributed by atoms with Crippen molar-refractivity contribution < 1.29 is 9.90 Å². The molecule has 0 bridgehead atoms. The minimum absolute atomic E-state index is 0.0691. The molecule has 3 heteroatoms. The second-order valence-electron chi connectivity index (χ2n) is 5.10. The van der Waals surface area contributed by atoms with Crippen LogP contribution >= 0.6 is 0 Å². The van der Waals surface area contributed by atoms with Crippen molar-refractivity contribution in [1.29, 1.82) is 0 Å². The van der Waals surface area contributed by atoms with Crippen molar-refractivity contribution in [2.45, 2.75) is 51.0 Å². The van der Waals surface area contributed by atoms with Gasteiger partial charge in [-0.3, -0.25) is 4.79 Å². The zero-order valence-corrected chi connectivity index (χ0v) is 9.24. The molecule has 2 atom stereocenters. The first-order chi connectivity index (χ1) is 7.25. The number of carboxylic acid groups (broad SMARTS) is 1. The summed E-state index contributed by atoms with van der Waals surface area (Å²) in [5.74, 6) is -0.0644. The highest BCUT2D eigenvalue weighted by Crippen LogP contribution is 2.31. The molecular weight excluding hydrogens is 190 g/mol. The van der Waals surface area contributed by atoms with Gasteiger partial charge in [0.15, 0.2) is 0 Å². The van der Waals surface area contributed by atoms with Crippen LogP contribution in [0.3, 0.4) is 0 Å². The Hall–Kier alpha value is -0.570. The Balaban J connectivity index is 1.66. The van der Waals surface area contributed by atoms with Crippen LogP contribution in [0.4, 0.5) is 0 Å². The molecule has 2 saturated carbocycles. The maximum atomic E-state index is 10.8. The van der Waals surface area contributed by atoms with Crippen molar-refractivity contribution in [3.05, 3.63) is 0 Å². The van der Waals surface area contributed by atoms with Crippen LogP contribution in [0, 0.1) is 11.8 Å². The standard InChI is InChI=1S/C12H21NO2/c14-12(15)10-6-5-9(7-10)8-13-11-3-1-2-4-11/h9-11,13H,1-8H2,(H,14,15). The molecule has 2 fully saturated rings.